The van der Waals surface area contributed by atoms with Crippen LogP contribution in [0.4, 0.5) is 0 Å². The molecule has 0 spiro atoms. The maximum absolute atomic E-state index is 10.5. The van der Waals surface area contributed by atoms with Gasteiger partial charge < -0.3 is 14.6 Å². The summed E-state index contributed by atoms with van der Waals surface area (Å²) in [5.41, 5.74) is -0.125. The lowest BCUT2D eigenvalue weighted by Crippen LogP contribution is -2.32. The number of nitrogens with zero attached hydrogens (tertiary/aromatic N) is 1. The van der Waals surface area contributed by atoms with Crippen molar-refractivity contribution >= 4 is 0 Å². The molecule has 1 saturated heterocycles. The number of methoxy groups -OCH3 is 1. The highest BCUT2D eigenvalue weighted by atomic mass is 16.5. The summed E-state index contributed by atoms with van der Waals surface area (Å²) in [4.78, 5) is 4.07. The summed E-state index contributed by atoms with van der Waals surface area (Å²) in [7, 11) is 1.59. The number of pyridine rings is 1. The van der Waals surface area contributed by atoms with Crippen LogP contribution in [0, 0.1) is 5.92 Å². The molecular formula is C12H17NO3. The molecule has 2 rings (SSSR count). The summed E-state index contributed by atoms with van der Waals surface area (Å²) in [6, 6.07) is 1.82. The molecule has 4 heteroatoms. The van der Waals surface area contributed by atoms with Crippen LogP contribution in [-0.4, -0.2) is 30.4 Å². The molecule has 0 aromatic carbocycles. The van der Waals surface area contributed by atoms with Crippen LogP contribution in [0.15, 0.2) is 18.5 Å². The van der Waals surface area contributed by atoms with Gasteiger partial charge in [-0.3, -0.25) is 4.98 Å². The van der Waals surface area contributed by atoms with Crippen LogP contribution in [0.25, 0.3) is 0 Å². The molecule has 0 bridgehead atoms. The lowest BCUT2D eigenvalue weighted by atomic mass is 9.83. The van der Waals surface area contributed by atoms with Crippen molar-refractivity contribution in [2.45, 2.75) is 18.9 Å². The van der Waals surface area contributed by atoms with Crippen molar-refractivity contribution in [3.05, 3.63) is 24.0 Å². The van der Waals surface area contributed by atoms with E-state index in [4.69, 9.17) is 9.47 Å². The summed E-state index contributed by atoms with van der Waals surface area (Å²) in [6.07, 6.45) is 4.19. The average Bonchev–Trinajstić information content (AvgIpc) is 2.83. The summed E-state index contributed by atoms with van der Waals surface area (Å²) in [5.74, 6) is 0.790. The van der Waals surface area contributed by atoms with Crippen LogP contribution in [0.3, 0.4) is 0 Å². The molecule has 1 aromatic heterocycles. The van der Waals surface area contributed by atoms with Gasteiger partial charge >= 0.3 is 0 Å². The number of hydrogen-bond donors (Lipinski definition) is 1. The third-order valence-corrected chi connectivity index (χ3v) is 3.26. The maximum Gasteiger partial charge on any atom is 0.137 e. The lowest BCUT2D eigenvalue weighted by molar-refractivity contribution is -0.0101. The molecule has 2 atom stereocenters. The van der Waals surface area contributed by atoms with Crippen LogP contribution in [0.5, 0.6) is 5.75 Å². The van der Waals surface area contributed by atoms with E-state index in [1.807, 2.05) is 13.0 Å². The van der Waals surface area contributed by atoms with Crippen molar-refractivity contribution in [3.8, 4) is 5.75 Å². The number of rotatable bonds is 3. The molecule has 1 aliphatic rings. The first kappa shape index (κ1) is 11.4. The molecular weight excluding hydrogens is 206 g/mol. The van der Waals surface area contributed by atoms with Crippen molar-refractivity contribution in [2.75, 3.05) is 20.3 Å². The van der Waals surface area contributed by atoms with E-state index in [0.29, 0.717) is 12.4 Å². The third-order valence-electron chi connectivity index (χ3n) is 3.26. The minimum Gasteiger partial charge on any atom is -0.495 e. The summed E-state index contributed by atoms with van der Waals surface area (Å²) >= 11 is 0. The van der Waals surface area contributed by atoms with Gasteiger partial charge in [-0.15, -0.1) is 0 Å². The fourth-order valence-corrected chi connectivity index (χ4v) is 2.02. The van der Waals surface area contributed by atoms with Crippen LogP contribution in [-0.2, 0) is 10.3 Å². The highest BCUT2D eigenvalue weighted by Gasteiger charge is 2.36. The van der Waals surface area contributed by atoms with Gasteiger partial charge in [0.25, 0.3) is 0 Å². The zero-order valence-corrected chi connectivity index (χ0v) is 9.64. The molecule has 1 aliphatic heterocycles. The van der Waals surface area contributed by atoms with E-state index in [1.165, 1.54) is 0 Å². The standard InChI is InChI=1S/C12H17NO3/c1-12(14,9-3-4-16-8-9)10-5-11(15-2)7-13-6-10/h5-7,9,14H,3-4,8H2,1-2H3. The largest absolute Gasteiger partial charge is 0.495 e. The Hall–Kier alpha value is -1.13. The highest BCUT2D eigenvalue weighted by molar-refractivity contribution is 5.28. The van der Waals surface area contributed by atoms with Gasteiger partial charge in [0.2, 0.25) is 0 Å². The van der Waals surface area contributed by atoms with Gasteiger partial charge in [-0.2, -0.15) is 0 Å². The molecule has 4 nitrogen and oxygen atoms in total. The van der Waals surface area contributed by atoms with Gasteiger partial charge in [-0.1, -0.05) is 0 Å². The van der Waals surface area contributed by atoms with Gasteiger partial charge in [0, 0.05) is 24.3 Å². The lowest BCUT2D eigenvalue weighted by Gasteiger charge is -2.29. The Bertz CT molecular complexity index is 359. The van der Waals surface area contributed by atoms with Gasteiger partial charge in [0.1, 0.15) is 5.75 Å². The van der Waals surface area contributed by atoms with E-state index in [1.54, 1.807) is 19.5 Å². The van der Waals surface area contributed by atoms with Gasteiger partial charge in [-0.05, 0) is 19.4 Å². The first-order valence-corrected chi connectivity index (χ1v) is 5.44. The molecule has 0 radical (unpaired) electrons. The van der Waals surface area contributed by atoms with E-state index in [0.717, 1.165) is 18.6 Å². The zero-order valence-electron chi connectivity index (χ0n) is 9.64. The van der Waals surface area contributed by atoms with Crippen molar-refractivity contribution in [1.82, 2.24) is 4.98 Å². The zero-order chi connectivity index (χ0) is 11.6. The van der Waals surface area contributed by atoms with E-state index in [-0.39, 0.29) is 5.92 Å². The SMILES string of the molecule is COc1cncc(C(C)(O)C2CCOC2)c1. The van der Waals surface area contributed by atoms with Crippen molar-refractivity contribution in [2.24, 2.45) is 5.92 Å². The number of aliphatic hydroxyl groups is 1. The fraction of sp³-hybridized carbons (Fsp3) is 0.583. The molecule has 0 amide bonds. The minimum absolute atomic E-state index is 0.126. The Morgan fingerprint density at radius 2 is 2.38 bits per heavy atom. The molecule has 1 aromatic rings. The molecule has 88 valence electrons. The quantitative estimate of drug-likeness (QED) is 0.840. The van der Waals surface area contributed by atoms with Crippen molar-refractivity contribution in [1.29, 1.82) is 0 Å². The summed E-state index contributed by atoms with van der Waals surface area (Å²) < 4.78 is 10.4. The Balaban J connectivity index is 2.26. The van der Waals surface area contributed by atoms with Crippen LogP contribution < -0.4 is 4.74 Å². The first-order chi connectivity index (χ1) is 7.64. The second-order valence-electron chi connectivity index (χ2n) is 4.32. The Morgan fingerprint density at radius 3 is 3.00 bits per heavy atom. The summed E-state index contributed by atoms with van der Waals surface area (Å²) in [6.45, 7) is 3.13. The van der Waals surface area contributed by atoms with E-state index in [2.05, 4.69) is 4.98 Å². The predicted octanol–water partition coefficient (Wildman–Crippen LogP) is 1.33. The number of ether oxygens (including phenoxy) is 2. The van der Waals surface area contributed by atoms with Gasteiger partial charge in [-0.25, -0.2) is 0 Å². The Kier molecular flexibility index (Phi) is 3.12. The van der Waals surface area contributed by atoms with Crippen LogP contribution in [0.2, 0.25) is 0 Å². The van der Waals surface area contributed by atoms with E-state index in [9.17, 15) is 5.11 Å². The molecule has 1 N–H and O–H groups in total. The molecule has 0 saturated carbocycles. The van der Waals surface area contributed by atoms with Crippen LogP contribution >= 0.6 is 0 Å². The Morgan fingerprint density at radius 1 is 1.56 bits per heavy atom. The number of hydrogen-bond acceptors (Lipinski definition) is 4. The molecule has 2 heterocycles. The van der Waals surface area contributed by atoms with Gasteiger partial charge in [0.15, 0.2) is 0 Å². The maximum atomic E-state index is 10.5. The fourth-order valence-electron chi connectivity index (χ4n) is 2.02. The van der Waals surface area contributed by atoms with Gasteiger partial charge in [0.05, 0.1) is 25.5 Å². The Labute approximate surface area is 95.2 Å². The van der Waals surface area contributed by atoms with E-state index < -0.39 is 5.60 Å². The average molecular weight is 223 g/mol. The summed E-state index contributed by atoms with van der Waals surface area (Å²) in [5, 5.41) is 10.5. The van der Waals surface area contributed by atoms with Crippen molar-refractivity contribution < 1.29 is 14.6 Å². The minimum atomic E-state index is -0.905. The third kappa shape index (κ3) is 2.03. The monoisotopic (exact) mass is 223 g/mol. The highest BCUT2D eigenvalue weighted by Crippen LogP contribution is 2.35. The van der Waals surface area contributed by atoms with E-state index >= 15 is 0 Å². The molecule has 2 unspecified atom stereocenters. The molecule has 16 heavy (non-hydrogen) atoms. The predicted molar refractivity (Wildman–Crippen MR) is 59.3 cm³/mol. The molecule has 1 fully saturated rings. The first-order valence-electron chi connectivity index (χ1n) is 5.44. The topological polar surface area (TPSA) is 51.6 Å². The smallest absolute Gasteiger partial charge is 0.137 e. The molecule has 0 aliphatic carbocycles. The van der Waals surface area contributed by atoms with Crippen LogP contribution in [0.1, 0.15) is 18.9 Å². The van der Waals surface area contributed by atoms with Crippen molar-refractivity contribution in [3.63, 3.8) is 0 Å². The normalized spacial score (nSPS) is 24.1. The number of aromatic nitrogens is 1. The second-order valence-corrected chi connectivity index (χ2v) is 4.32. The second kappa shape index (κ2) is 4.39.